The van der Waals surface area contributed by atoms with Crippen LogP contribution in [0.1, 0.15) is 58.3 Å². The number of nitrogens with zero attached hydrogens (tertiary/aromatic N) is 1. The van der Waals surface area contributed by atoms with Crippen LogP contribution in [0.25, 0.3) is 0 Å². The zero-order valence-corrected chi connectivity index (χ0v) is 20.9. The second-order valence-electron chi connectivity index (χ2n) is 9.15. The van der Waals surface area contributed by atoms with Gasteiger partial charge in [0.15, 0.2) is 11.5 Å². The number of methoxy groups -OCH3 is 2. The van der Waals surface area contributed by atoms with E-state index in [9.17, 15) is 19.5 Å². The molecule has 1 saturated carbocycles. The van der Waals surface area contributed by atoms with E-state index in [1.165, 1.54) is 12.0 Å². The Kier molecular flexibility index (Phi) is 9.37. The van der Waals surface area contributed by atoms with E-state index in [4.69, 9.17) is 18.9 Å². The first-order chi connectivity index (χ1) is 16.8. The Bertz CT molecular complexity index is 903. The van der Waals surface area contributed by atoms with E-state index >= 15 is 0 Å². The van der Waals surface area contributed by atoms with Gasteiger partial charge in [0.05, 0.1) is 14.2 Å². The van der Waals surface area contributed by atoms with Crippen molar-refractivity contribution in [3.63, 3.8) is 0 Å². The molecule has 1 N–H and O–H groups in total. The fourth-order valence-corrected chi connectivity index (χ4v) is 5.11. The van der Waals surface area contributed by atoms with Gasteiger partial charge in [-0.05, 0) is 50.2 Å². The Morgan fingerprint density at radius 2 is 1.77 bits per heavy atom. The number of piperidine rings is 1. The van der Waals surface area contributed by atoms with Crippen molar-refractivity contribution in [1.29, 1.82) is 0 Å². The fraction of sp³-hybridized carbons (Fsp3) is 0.654. The lowest BCUT2D eigenvalue weighted by atomic mass is 9.71. The van der Waals surface area contributed by atoms with E-state index in [1.54, 1.807) is 25.3 Å². The first-order valence-corrected chi connectivity index (χ1v) is 12.4. The highest BCUT2D eigenvalue weighted by Gasteiger charge is 2.49. The number of hydrogen-bond donors (Lipinski definition) is 1. The van der Waals surface area contributed by atoms with Crippen molar-refractivity contribution >= 4 is 17.7 Å². The minimum atomic E-state index is -1.65. The number of hydrogen-bond acceptors (Lipinski definition) is 8. The maximum atomic E-state index is 13.2. The van der Waals surface area contributed by atoms with Gasteiger partial charge in [0.25, 0.3) is 11.7 Å². The first kappa shape index (κ1) is 26.8. The number of carbonyl (C=O) groups excluding carboxylic acids is 3. The number of Topliss-reactive ketones (excluding diaryl/α,β-unsaturated/α-hetero) is 1. The Hall–Kier alpha value is -2.81. The van der Waals surface area contributed by atoms with Gasteiger partial charge in [0, 0.05) is 12.6 Å². The number of likely N-dealkylation sites (tertiary alicyclic amines) is 1. The van der Waals surface area contributed by atoms with Crippen LogP contribution in [0.2, 0.25) is 0 Å². The summed E-state index contributed by atoms with van der Waals surface area (Å²) >= 11 is 0. The first-order valence-electron chi connectivity index (χ1n) is 12.4. The number of amides is 1. The Labute approximate surface area is 206 Å². The third-order valence-electron chi connectivity index (χ3n) is 7.10. The molecule has 3 rings (SSSR count). The summed E-state index contributed by atoms with van der Waals surface area (Å²) in [6.07, 6.45) is 5.14. The molecule has 2 unspecified atom stereocenters. The molecule has 0 radical (unpaired) electrons. The summed E-state index contributed by atoms with van der Waals surface area (Å²) in [7, 11) is 3.07. The molecule has 0 spiro atoms. The molecule has 1 saturated heterocycles. The predicted octanol–water partition coefficient (Wildman–Crippen LogP) is 2.91. The predicted molar refractivity (Wildman–Crippen MR) is 128 cm³/mol. The number of esters is 1. The molecule has 3 atom stereocenters. The summed E-state index contributed by atoms with van der Waals surface area (Å²) in [5.41, 5.74) is -1.65. The van der Waals surface area contributed by atoms with E-state index in [2.05, 4.69) is 0 Å². The maximum Gasteiger partial charge on any atom is 0.328 e. The van der Waals surface area contributed by atoms with Crippen molar-refractivity contribution < 1.29 is 38.4 Å². The topological polar surface area (TPSA) is 112 Å². The van der Waals surface area contributed by atoms with Crippen LogP contribution in [0.15, 0.2) is 18.2 Å². The van der Waals surface area contributed by atoms with Gasteiger partial charge in [-0.3, -0.25) is 9.59 Å². The van der Waals surface area contributed by atoms with Crippen molar-refractivity contribution in [1.82, 2.24) is 4.90 Å². The lowest BCUT2D eigenvalue weighted by Gasteiger charge is -2.40. The quantitative estimate of drug-likeness (QED) is 0.302. The van der Waals surface area contributed by atoms with Crippen LogP contribution >= 0.6 is 0 Å². The minimum Gasteiger partial charge on any atom is -0.493 e. The molecule has 1 amide bonds. The molecule has 35 heavy (non-hydrogen) atoms. The molecule has 1 heterocycles. The van der Waals surface area contributed by atoms with Crippen LogP contribution in [0.5, 0.6) is 17.2 Å². The Morgan fingerprint density at radius 1 is 1.03 bits per heavy atom. The molecule has 1 aliphatic heterocycles. The lowest BCUT2D eigenvalue weighted by molar-refractivity contribution is -0.168. The Balaban J connectivity index is 1.57. The molecule has 0 bridgehead atoms. The van der Waals surface area contributed by atoms with Gasteiger partial charge in [-0.2, -0.15) is 0 Å². The number of benzene rings is 1. The van der Waals surface area contributed by atoms with Gasteiger partial charge < -0.3 is 29.0 Å². The van der Waals surface area contributed by atoms with E-state index in [-0.39, 0.29) is 25.6 Å². The van der Waals surface area contributed by atoms with Crippen LogP contribution in [-0.2, 0) is 19.1 Å². The smallest absolute Gasteiger partial charge is 0.328 e. The summed E-state index contributed by atoms with van der Waals surface area (Å²) in [5, 5.41) is 11.1. The van der Waals surface area contributed by atoms with Gasteiger partial charge in [-0.25, -0.2) is 4.79 Å². The van der Waals surface area contributed by atoms with Crippen LogP contribution in [0, 0.1) is 5.92 Å². The lowest BCUT2D eigenvalue weighted by Crippen LogP contribution is -2.58. The van der Waals surface area contributed by atoms with Gasteiger partial charge in [-0.1, -0.05) is 26.2 Å². The summed E-state index contributed by atoms with van der Waals surface area (Å²) < 4.78 is 21.5. The molecule has 0 aromatic heterocycles. The van der Waals surface area contributed by atoms with Crippen LogP contribution < -0.4 is 14.2 Å². The van der Waals surface area contributed by atoms with Crippen molar-refractivity contribution in [2.24, 2.45) is 5.92 Å². The SMILES string of the molecule is CCC1CCCCC1(O)C(=O)C(=O)N1CCCC[C@H]1C(=O)OCCOc1ccc(OC)c(OC)c1. The Morgan fingerprint density at radius 3 is 2.49 bits per heavy atom. The van der Waals surface area contributed by atoms with Gasteiger partial charge in [0.2, 0.25) is 0 Å². The van der Waals surface area contributed by atoms with Gasteiger partial charge in [0.1, 0.15) is 30.6 Å². The molecular formula is C26H37NO8. The summed E-state index contributed by atoms with van der Waals surface area (Å²) in [6, 6.07) is 4.27. The number of ketones is 1. The second-order valence-corrected chi connectivity index (χ2v) is 9.15. The number of ether oxygens (including phenoxy) is 4. The number of aliphatic hydroxyl groups is 1. The zero-order valence-electron chi connectivity index (χ0n) is 20.9. The number of carbonyl (C=O) groups is 3. The van der Waals surface area contributed by atoms with E-state index < -0.39 is 29.3 Å². The maximum absolute atomic E-state index is 13.2. The van der Waals surface area contributed by atoms with Crippen LogP contribution in [-0.4, -0.2) is 73.3 Å². The minimum absolute atomic E-state index is 0.0124. The van der Waals surface area contributed by atoms with Crippen molar-refractivity contribution in [3.8, 4) is 17.2 Å². The van der Waals surface area contributed by atoms with Crippen LogP contribution in [0.3, 0.4) is 0 Å². The van der Waals surface area contributed by atoms with E-state index in [0.29, 0.717) is 49.5 Å². The zero-order chi connectivity index (χ0) is 25.4. The average Bonchev–Trinajstić information content (AvgIpc) is 2.90. The van der Waals surface area contributed by atoms with E-state index in [1.807, 2.05) is 6.92 Å². The van der Waals surface area contributed by atoms with Crippen molar-refractivity contribution in [3.05, 3.63) is 18.2 Å². The third-order valence-corrected chi connectivity index (χ3v) is 7.10. The summed E-state index contributed by atoms with van der Waals surface area (Å²) in [6.45, 7) is 2.31. The molecule has 1 aromatic rings. The molecule has 194 valence electrons. The second kappa shape index (κ2) is 12.2. The molecule has 9 heteroatoms. The molecule has 2 aliphatic rings. The monoisotopic (exact) mass is 491 g/mol. The highest BCUT2D eigenvalue weighted by molar-refractivity contribution is 6.39. The van der Waals surface area contributed by atoms with E-state index in [0.717, 1.165) is 19.3 Å². The molecular weight excluding hydrogens is 454 g/mol. The van der Waals surface area contributed by atoms with Crippen molar-refractivity contribution in [2.45, 2.75) is 69.9 Å². The molecule has 1 aliphatic carbocycles. The highest BCUT2D eigenvalue weighted by Crippen LogP contribution is 2.37. The fourth-order valence-electron chi connectivity index (χ4n) is 5.11. The average molecular weight is 492 g/mol. The van der Waals surface area contributed by atoms with Crippen molar-refractivity contribution in [2.75, 3.05) is 34.0 Å². The number of rotatable bonds is 10. The highest BCUT2D eigenvalue weighted by atomic mass is 16.6. The third kappa shape index (κ3) is 6.07. The van der Waals surface area contributed by atoms with Crippen LogP contribution in [0.4, 0.5) is 0 Å². The molecule has 1 aromatic carbocycles. The standard InChI is InChI=1S/C26H37NO8/c1-4-18-9-5-7-13-26(18,31)23(28)24(29)27-14-8-6-10-20(27)25(30)35-16-15-34-19-11-12-21(32-2)22(17-19)33-3/h11-12,17-18,20,31H,4-10,13-16H2,1-3H3/t18?,20-,26?/m0/s1. The van der Waals surface area contributed by atoms with Gasteiger partial charge >= 0.3 is 5.97 Å². The molecule has 2 fully saturated rings. The normalized spacial score (nSPS) is 24.4. The summed E-state index contributed by atoms with van der Waals surface area (Å²) in [4.78, 5) is 40.4. The molecule has 9 nitrogen and oxygen atoms in total. The van der Waals surface area contributed by atoms with Gasteiger partial charge in [-0.15, -0.1) is 0 Å². The summed E-state index contributed by atoms with van der Waals surface area (Å²) in [5.74, 6) is -0.748. The largest absolute Gasteiger partial charge is 0.493 e.